The summed E-state index contributed by atoms with van der Waals surface area (Å²) in [5.41, 5.74) is 7.12. The van der Waals surface area contributed by atoms with Gasteiger partial charge in [0, 0.05) is 33.8 Å². The highest BCUT2D eigenvalue weighted by atomic mass is 35.5. The van der Waals surface area contributed by atoms with Gasteiger partial charge in [0.25, 0.3) is 5.91 Å². The first-order valence-electron chi connectivity index (χ1n) is 13.3. The number of anilines is 2. The number of nitrogens with zero attached hydrogens (tertiary/aromatic N) is 2. The van der Waals surface area contributed by atoms with Crippen molar-refractivity contribution in [3.8, 4) is 11.3 Å². The second-order valence-corrected chi connectivity index (χ2v) is 11.0. The Kier molecular flexibility index (Phi) is 8.94. The number of aromatic nitrogens is 1. The van der Waals surface area contributed by atoms with Crippen LogP contribution in [0, 0.1) is 0 Å². The topological polar surface area (TPSA) is 82.5 Å². The van der Waals surface area contributed by atoms with Crippen molar-refractivity contribution >= 4 is 51.2 Å². The lowest BCUT2D eigenvalue weighted by Crippen LogP contribution is -2.26. The number of carbonyl (C=O) groups is 2. The van der Waals surface area contributed by atoms with Gasteiger partial charge in [-0.05, 0) is 78.8 Å². The van der Waals surface area contributed by atoms with Crippen LogP contribution in [0.3, 0.4) is 0 Å². The lowest BCUT2D eigenvalue weighted by molar-refractivity contribution is -0.136. The van der Waals surface area contributed by atoms with Gasteiger partial charge < -0.3 is 15.3 Å². The molecule has 0 aliphatic heterocycles. The van der Waals surface area contributed by atoms with E-state index in [0.29, 0.717) is 17.1 Å². The Morgan fingerprint density at radius 3 is 2.35 bits per heavy atom. The lowest BCUT2D eigenvalue weighted by Gasteiger charge is -2.23. The second kappa shape index (κ2) is 12.9. The van der Waals surface area contributed by atoms with Crippen molar-refractivity contribution in [2.45, 2.75) is 38.6 Å². The standard InChI is InChI=1S/C32H30ClN3O3S/c33-27-14-10-25(11-15-27)29-21-40-32(35-29)36(28-16-12-24(13-17-28)23-4-2-1-3-5-23)20-22-6-8-26(9-7-22)31(39)34-19-18-30(37)38/h4,6-17,21H,1-3,5,18-20H2,(H,34,39)(H,37,38). The summed E-state index contributed by atoms with van der Waals surface area (Å²) in [5, 5.41) is 15.0. The number of rotatable bonds is 10. The number of nitrogens with one attached hydrogen (secondary N) is 1. The van der Waals surface area contributed by atoms with Gasteiger partial charge in [-0.3, -0.25) is 9.59 Å². The van der Waals surface area contributed by atoms with Gasteiger partial charge in [-0.15, -0.1) is 11.3 Å². The number of amides is 1. The maximum absolute atomic E-state index is 12.4. The van der Waals surface area contributed by atoms with Crippen LogP contribution >= 0.6 is 22.9 Å². The predicted octanol–water partition coefficient (Wildman–Crippen LogP) is 7.96. The molecule has 204 valence electrons. The number of hydrogen-bond donors (Lipinski definition) is 2. The van der Waals surface area contributed by atoms with Crippen molar-refractivity contribution in [2.24, 2.45) is 0 Å². The molecule has 4 aromatic rings. The molecule has 6 nitrogen and oxygen atoms in total. The summed E-state index contributed by atoms with van der Waals surface area (Å²) >= 11 is 7.66. The number of allylic oxidation sites excluding steroid dienone is 2. The average Bonchev–Trinajstić information content (AvgIpc) is 3.47. The fourth-order valence-corrected chi connectivity index (χ4v) is 5.68. The Bertz CT molecular complexity index is 1500. The molecule has 1 aliphatic rings. The molecule has 1 aromatic heterocycles. The van der Waals surface area contributed by atoms with E-state index in [2.05, 4.69) is 45.9 Å². The maximum atomic E-state index is 12.4. The molecule has 8 heteroatoms. The molecule has 0 bridgehead atoms. The monoisotopic (exact) mass is 571 g/mol. The highest BCUT2D eigenvalue weighted by Gasteiger charge is 2.17. The lowest BCUT2D eigenvalue weighted by atomic mass is 9.93. The van der Waals surface area contributed by atoms with E-state index in [4.69, 9.17) is 21.7 Å². The molecule has 1 heterocycles. The SMILES string of the molecule is O=C(O)CCNC(=O)c1ccc(CN(c2ccc(C3=CCCCC3)cc2)c2nc(-c3ccc(Cl)cc3)cs2)cc1. The molecule has 1 aliphatic carbocycles. The highest BCUT2D eigenvalue weighted by Crippen LogP contribution is 2.35. The molecule has 0 fully saturated rings. The highest BCUT2D eigenvalue weighted by molar-refractivity contribution is 7.14. The summed E-state index contributed by atoms with van der Waals surface area (Å²) in [6.45, 7) is 0.660. The molecule has 0 unspecified atom stereocenters. The number of hydrogen-bond acceptors (Lipinski definition) is 5. The van der Waals surface area contributed by atoms with E-state index in [1.807, 2.05) is 36.4 Å². The third-order valence-corrected chi connectivity index (χ3v) is 8.00. The fourth-order valence-electron chi connectivity index (χ4n) is 4.70. The minimum Gasteiger partial charge on any atom is -0.481 e. The zero-order valence-electron chi connectivity index (χ0n) is 22.0. The molecular formula is C32H30ClN3O3S. The minimum absolute atomic E-state index is 0.0938. The van der Waals surface area contributed by atoms with Crippen LogP contribution < -0.4 is 10.2 Å². The molecule has 5 rings (SSSR count). The van der Waals surface area contributed by atoms with E-state index in [0.717, 1.165) is 40.5 Å². The van der Waals surface area contributed by atoms with Crippen LogP contribution in [0.2, 0.25) is 5.02 Å². The van der Waals surface area contributed by atoms with E-state index in [1.54, 1.807) is 23.5 Å². The van der Waals surface area contributed by atoms with Gasteiger partial charge in [-0.25, -0.2) is 4.98 Å². The molecular weight excluding hydrogens is 542 g/mol. The Balaban J connectivity index is 1.39. The van der Waals surface area contributed by atoms with Crippen molar-refractivity contribution in [1.29, 1.82) is 0 Å². The first-order chi connectivity index (χ1) is 19.5. The quantitative estimate of drug-likeness (QED) is 0.202. The molecule has 1 amide bonds. The van der Waals surface area contributed by atoms with Crippen LogP contribution in [0.4, 0.5) is 10.8 Å². The van der Waals surface area contributed by atoms with Gasteiger partial charge >= 0.3 is 5.97 Å². The summed E-state index contributed by atoms with van der Waals surface area (Å²) in [4.78, 5) is 30.3. The number of thiazole rings is 1. The summed E-state index contributed by atoms with van der Waals surface area (Å²) in [5.74, 6) is -1.23. The Hall–Kier alpha value is -3.94. The maximum Gasteiger partial charge on any atom is 0.305 e. The van der Waals surface area contributed by atoms with Gasteiger partial charge in [0.1, 0.15) is 0 Å². The van der Waals surface area contributed by atoms with E-state index in [1.165, 1.54) is 24.0 Å². The third-order valence-electron chi connectivity index (χ3n) is 6.88. The van der Waals surface area contributed by atoms with Crippen LogP contribution in [-0.4, -0.2) is 28.5 Å². The molecule has 0 spiro atoms. The van der Waals surface area contributed by atoms with Gasteiger partial charge in [0.05, 0.1) is 18.7 Å². The summed E-state index contributed by atoms with van der Waals surface area (Å²) < 4.78 is 0. The minimum atomic E-state index is -0.944. The summed E-state index contributed by atoms with van der Waals surface area (Å²) in [6.07, 6.45) is 7.01. The summed E-state index contributed by atoms with van der Waals surface area (Å²) in [6, 6.07) is 23.7. The number of carboxylic acid groups (broad SMARTS) is 1. The van der Waals surface area contributed by atoms with Crippen molar-refractivity contribution in [2.75, 3.05) is 11.4 Å². The second-order valence-electron chi connectivity index (χ2n) is 9.73. The number of benzene rings is 3. The normalized spacial score (nSPS) is 13.0. The molecule has 0 saturated carbocycles. The zero-order valence-corrected chi connectivity index (χ0v) is 23.5. The molecule has 2 N–H and O–H groups in total. The van der Waals surface area contributed by atoms with Crippen LogP contribution in [0.1, 0.15) is 53.6 Å². The Morgan fingerprint density at radius 2 is 1.68 bits per heavy atom. The Morgan fingerprint density at radius 1 is 0.950 bits per heavy atom. The van der Waals surface area contributed by atoms with Crippen molar-refractivity contribution in [3.05, 3.63) is 106 Å². The molecule has 0 radical (unpaired) electrons. The van der Waals surface area contributed by atoms with E-state index in [-0.39, 0.29) is 18.9 Å². The van der Waals surface area contributed by atoms with E-state index in [9.17, 15) is 9.59 Å². The van der Waals surface area contributed by atoms with Crippen LogP contribution in [-0.2, 0) is 11.3 Å². The molecule has 0 atom stereocenters. The average molecular weight is 572 g/mol. The smallest absolute Gasteiger partial charge is 0.305 e. The van der Waals surface area contributed by atoms with Crippen molar-refractivity contribution < 1.29 is 14.7 Å². The molecule has 40 heavy (non-hydrogen) atoms. The molecule has 3 aromatic carbocycles. The van der Waals surface area contributed by atoms with Gasteiger partial charge in [0.15, 0.2) is 5.13 Å². The number of carboxylic acids is 1. The zero-order chi connectivity index (χ0) is 27.9. The first-order valence-corrected chi connectivity index (χ1v) is 14.6. The number of carbonyl (C=O) groups excluding carboxylic acids is 1. The van der Waals surface area contributed by atoms with Crippen LogP contribution in [0.15, 0.2) is 84.3 Å². The number of halogens is 1. The Labute approximate surface area is 243 Å². The van der Waals surface area contributed by atoms with Gasteiger partial charge in [0.2, 0.25) is 0 Å². The van der Waals surface area contributed by atoms with Crippen molar-refractivity contribution in [1.82, 2.24) is 10.3 Å². The van der Waals surface area contributed by atoms with Crippen LogP contribution in [0.5, 0.6) is 0 Å². The van der Waals surface area contributed by atoms with Gasteiger partial charge in [-0.2, -0.15) is 0 Å². The first kappa shape index (κ1) is 27.6. The fraction of sp³-hybridized carbons (Fsp3) is 0.219. The largest absolute Gasteiger partial charge is 0.481 e. The van der Waals surface area contributed by atoms with Crippen molar-refractivity contribution in [3.63, 3.8) is 0 Å². The number of aliphatic carboxylic acids is 1. The predicted molar refractivity (Wildman–Crippen MR) is 162 cm³/mol. The van der Waals surface area contributed by atoms with Crippen LogP contribution in [0.25, 0.3) is 16.8 Å². The van der Waals surface area contributed by atoms with E-state index >= 15 is 0 Å². The third kappa shape index (κ3) is 6.97. The van der Waals surface area contributed by atoms with E-state index < -0.39 is 5.97 Å². The van der Waals surface area contributed by atoms with Gasteiger partial charge in [-0.1, -0.05) is 54.1 Å². The summed E-state index contributed by atoms with van der Waals surface area (Å²) in [7, 11) is 0. The molecule has 0 saturated heterocycles.